The largest absolute Gasteiger partial charge is 0.376 e. The highest BCUT2D eigenvalue weighted by Gasteiger charge is 2.21. The Morgan fingerprint density at radius 1 is 1.26 bits per heavy atom. The molecule has 1 N–H and O–H groups in total. The quantitative estimate of drug-likeness (QED) is 0.834. The molecule has 27 heavy (non-hydrogen) atoms. The fourth-order valence-electron chi connectivity index (χ4n) is 3.48. The van der Waals surface area contributed by atoms with Crippen LogP contribution in [-0.4, -0.2) is 46.1 Å². The zero-order chi connectivity index (χ0) is 18.6. The van der Waals surface area contributed by atoms with E-state index >= 15 is 0 Å². The van der Waals surface area contributed by atoms with Crippen molar-refractivity contribution >= 4 is 17.5 Å². The van der Waals surface area contributed by atoms with Crippen molar-refractivity contribution in [2.75, 3.05) is 18.1 Å². The summed E-state index contributed by atoms with van der Waals surface area (Å²) in [6.07, 6.45) is 5.41. The molecule has 8 heteroatoms. The second-order valence-corrected chi connectivity index (χ2v) is 6.96. The molecule has 1 aromatic heterocycles. The SMILES string of the molecule is O=C(NCc1ccc(N2CCCC2=O)cc1)c1cn(C[C@H]2CCCO2)nn1. The van der Waals surface area contributed by atoms with Crippen molar-refractivity contribution in [3.8, 4) is 0 Å². The molecule has 1 atom stereocenters. The maximum Gasteiger partial charge on any atom is 0.273 e. The Bertz CT molecular complexity index is 811. The zero-order valence-electron chi connectivity index (χ0n) is 15.1. The molecule has 8 nitrogen and oxygen atoms in total. The van der Waals surface area contributed by atoms with Gasteiger partial charge in [0, 0.05) is 31.8 Å². The summed E-state index contributed by atoms with van der Waals surface area (Å²) in [5, 5.41) is 10.8. The molecule has 0 bridgehead atoms. The number of nitrogens with zero attached hydrogens (tertiary/aromatic N) is 4. The minimum absolute atomic E-state index is 0.156. The van der Waals surface area contributed by atoms with Crippen molar-refractivity contribution in [2.24, 2.45) is 0 Å². The highest BCUT2D eigenvalue weighted by molar-refractivity contribution is 5.95. The van der Waals surface area contributed by atoms with E-state index in [0.717, 1.165) is 43.7 Å². The number of carbonyl (C=O) groups excluding carboxylic acids is 2. The molecule has 2 aliphatic heterocycles. The van der Waals surface area contributed by atoms with Crippen molar-refractivity contribution in [2.45, 2.75) is 44.9 Å². The van der Waals surface area contributed by atoms with Crippen molar-refractivity contribution in [3.63, 3.8) is 0 Å². The van der Waals surface area contributed by atoms with Gasteiger partial charge in [-0.2, -0.15) is 0 Å². The third-order valence-corrected chi connectivity index (χ3v) is 4.96. The normalized spacial score (nSPS) is 19.6. The van der Waals surface area contributed by atoms with Gasteiger partial charge in [-0.1, -0.05) is 17.3 Å². The number of benzene rings is 1. The van der Waals surface area contributed by atoms with Crippen LogP contribution in [-0.2, 0) is 22.6 Å². The number of anilines is 1. The van der Waals surface area contributed by atoms with Crippen molar-refractivity contribution in [1.82, 2.24) is 20.3 Å². The van der Waals surface area contributed by atoms with E-state index in [1.807, 2.05) is 24.3 Å². The van der Waals surface area contributed by atoms with Gasteiger partial charge in [-0.05, 0) is 37.0 Å². The number of amides is 2. The van der Waals surface area contributed by atoms with E-state index in [9.17, 15) is 9.59 Å². The number of rotatable bonds is 6. The third kappa shape index (κ3) is 4.16. The van der Waals surface area contributed by atoms with Crippen LogP contribution in [0.25, 0.3) is 0 Å². The summed E-state index contributed by atoms with van der Waals surface area (Å²) in [5.41, 5.74) is 2.17. The number of hydrogen-bond donors (Lipinski definition) is 1. The summed E-state index contributed by atoms with van der Waals surface area (Å²) in [6.45, 7) is 2.58. The Labute approximate surface area is 157 Å². The number of aromatic nitrogens is 3. The van der Waals surface area contributed by atoms with Crippen LogP contribution in [0.1, 0.15) is 41.7 Å². The number of nitrogens with one attached hydrogen (secondary N) is 1. The molecule has 4 rings (SSSR count). The molecular weight excluding hydrogens is 346 g/mol. The summed E-state index contributed by atoms with van der Waals surface area (Å²) in [7, 11) is 0. The second-order valence-electron chi connectivity index (χ2n) is 6.96. The Kier molecular flexibility index (Phi) is 5.15. The summed E-state index contributed by atoms with van der Waals surface area (Å²) in [5.74, 6) is -0.0884. The van der Waals surface area contributed by atoms with E-state index in [1.54, 1.807) is 15.8 Å². The van der Waals surface area contributed by atoms with Gasteiger partial charge < -0.3 is 15.0 Å². The molecule has 0 aliphatic carbocycles. The lowest BCUT2D eigenvalue weighted by Gasteiger charge is -2.16. The summed E-state index contributed by atoms with van der Waals surface area (Å²) in [4.78, 5) is 25.9. The average molecular weight is 369 g/mol. The lowest BCUT2D eigenvalue weighted by molar-refractivity contribution is -0.117. The third-order valence-electron chi connectivity index (χ3n) is 4.96. The molecule has 2 aliphatic rings. The highest BCUT2D eigenvalue weighted by atomic mass is 16.5. The van der Waals surface area contributed by atoms with E-state index < -0.39 is 0 Å². The van der Waals surface area contributed by atoms with E-state index in [-0.39, 0.29) is 17.9 Å². The Hall–Kier alpha value is -2.74. The topological polar surface area (TPSA) is 89.4 Å². The fourth-order valence-corrected chi connectivity index (χ4v) is 3.48. The van der Waals surface area contributed by atoms with Crippen LogP contribution in [0.2, 0.25) is 0 Å². The van der Waals surface area contributed by atoms with Crippen LogP contribution >= 0.6 is 0 Å². The second kappa shape index (κ2) is 7.87. The molecule has 142 valence electrons. The lowest BCUT2D eigenvalue weighted by atomic mass is 10.2. The van der Waals surface area contributed by atoms with Gasteiger partial charge in [-0.3, -0.25) is 9.59 Å². The molecule has 3 heterocycles. The average Bonchev–Trinajstić information content (AvgIpc) is 3.43. The van der Waals surface area contributed by atoms with Crippen LogP contribution in [0.5, 0.6) is 0 Å². The van der Waals surface area contributed by atoms with E-state index in [1.165, 1.54) is 0 Å². The van der Waals surface area contributed by atoms with Gasteiger partial charge in [0.05, 0.1) is 18.8 Å². The van der Waals surface area contributed by atoms with Gasteiger partial charge in [0.1, 0.15) is 0 Å². The first kappa shape index (κ1) is 17.7. The van der Waals surface area contributed by atoms with E-state index in [2.05, 4.69) is 15.6 Å². The van der Waals surface area contributed by atoms with Crippen molar-refractivity contribution in [3.05, 3.63) is 41.7 Å². The summed E-state index contributed by atoms with van der Waals surface area (Å²) < 4.78 is 7.23. The van der Waals surface area contributed by atoms with E-state index in [0.29, 0.717) is 25.2 Å². The van der Waals surface area contributed by atoms with E-state index in [4.69, 9.17) is 4.74 Å². The monoisotopic (exact) mass is 369 g/mol. The first-order chi connectivity index (χ1) is 13.2. The minimum Gasteiger partial charge on any atom is -0.376 e. The van der Waals surface area contributed by atoms with Gasteiger partial charge in [0.25, 0.3) is 5.91 Å². The minimum atomic E-state index is -0.257. The summed E-state index contributed by atoms with van der Waals surface area (Å²) >= 11 is 0. The first-order valence-corrected chi connectivity index (χ1v) is 9.38. The molecule has 2 amide bonds. The van der Waals surface area contributed by atoms with Crippen LogP contribution < -0.4 is 10.2 Å². The summed E-state index contributed by atoms with van der Waals surface area (Å²) in [6, 6.07) is 7.69. The fraction of sp³-hybridized carbons (Fsp3) is 0.474. The number of ether oxygens (including phenoxy) is 1. The maximum atomic E-state index is 12.3. The van der Waals surface area contributed by atoms with Gasteiger partial charge in [-0.15, -0.1) is 5.10 Å². The smallest absolute Gasteiger partial charge is 0.273 e. The van der Waals surface area contributed by atoms with Crippen molar-refractivity contribution < 1.29 is 14.3 Å². The van der Waals surface area contributed by atoms with Crippen molar-refractivity contribution in [1.29, 1.82) is 0 Å². The predicted molar refractivity (Wildman–Crippen MR) is 98.2 cm³/mol. The maximum absolute atomic E-state index is 12.3. The predicted octanol–water partition coefficient (Wildman–Crippen LogP) is 1.51. The number of hydrogen-bond acceptors (Lipinski definition) is 5. The lowest BCUT2D eigenvalue weighted by Crippen LogP contribution is -2.24. The van der Waals surface area contributed by atoms with Crippen LogP contribution in [0.3, 0.4) is 0 Å². The first-order valence-electron chi connectivity index (χ1n) is 9.38. The molecular formula is C19H23N5O3. The van der Waals surface area contributed by atoms with Gasteiger partial charge >= 0.3 is 0 Å². The molecule has 0 radical (unpaired) electrons. The molecule has 2 saturated heterocycles. The molecule has 0 unspecified atom stereocenters. The molecule has 0 spiro atoms. The Balaban J connectivity index is 1.30. The van der Waals surface area contributed by atoms with Gasteiger partial charge in [0.2, 0.25) is 5.91 Å². The molecule has 2 fully saturated rings. The Morgan fingerprint density at radius 3 is 2.81 bits per heavy atom. The molecule has 0 saturated carbocycles. The van der Waals surface area contributed by atoms with Crippen LogP contribution in [0.4, 0.5) is 5.69 Å². The standard InChI is InChI=1S/C19H23N5O3/c25-18-4-1-9-24(18)15-7-5-14(6-8-15)11-20-19(26)17-13-23(22-21-17)12-16-3-2-10-27-16/h5-8,13,16H,1-4,9-12H2,(H,20,26)/t16-/m1/s1. The Morgan fingerprint density at radius 2 is 2.11 bits per heavy atom. The van der Waals surface area contributed by atoms with Crippen LogP contribution in [0.15, 0.2) is 30.5 Å². The molecule has 2 aromatic rings. The zero-order valence-corrected chi connectivity index (χ0v) is 15.1. The van der Waals surface area contributed by atoms with Gasteiger partial charge in [0.15, 0.2) is 5.69 Å². The number of carbonyl (C=O) groups is 2. The van der Waals surface area contributed by atoms with Gasteiger partial charge in [-0.25, -0.2) is 4.68 Å². The molecule has 1 aromatic carbocycles. The van der Waals surface area contributed by atoms with Crippen LogP contribution in [0, 0.1) is 0 Å². The highest BCUT2D eigenvalue weighted by Crippen LogP contribution is 2.21.